The number of hydrogen-bond acceptors (Lipinski definition) is 7. The molecule has 0 fully saturated rings. The van der Waals surface area contributed by atoms with Crippen molar-refractivity contribution in [1.29, 1.82) is 0 Å². The number of anilines is 1. The Balaban J connectivity index is 1.25. The highest BCUT2D eigenvalue weighted by Gasteiger charge is 2.19. The predicted molar refractivity (Wildman–Crippen MR) is 149 cm³/mol. The van der Waals surface area contributed by atoms with E-state index in [1.54, 1.807) is 18.3 Å². The Morgan fingerprint density at radius 2 is 1.56 bits per heavy atom. The van der Waals surface area contributed by atoms with Crippen LogP contribution >= 0.6 is 0 Å². The number of hydrogen-bond donors (Lipinski definition) is 2. The number of aromatic nitrogens is 3. The first-order valence-corrected chi connectivity index (χ1v) is 12.1. The molecule has 2 heterocycles. The van der Waals surface area contributed by atoms with E-state index in [4.69, 9.17) is 23.6 Å². The fourth-order valence-corrected chi connectivity index (χ4v) is 4.53. The maximum atomic E-state index is 13.0. The number of fused-ring (bicyclic) bond motifs is 2. The van der Waals surface area contributed by atoms with E-state index in [2.05, 4.69) is 15.5 Å². The Morgan fingerprint density at radius 1 is 0.872 bits per heavy atom. The van der Waals surface area contributed by atoms with E-state index in [1.807, 2.05) is 60.7 Å². The molecule has 6 rings (SSSR count). The topological polar surface area (TPSA) is 112 Å². The van der Waals surface area contributed by atoms with Crippen molar-refractivity contribution < 1.29 is 23.4 Å². The van der Waals surface area contributed by atoms with Crippen LogP contribution in [0.15, 0.2) is 83.4 Å². The van der Waals surface area contributed by atoms with E-state index >= 15 is 0 Å². The van der Waals surface area contributed by atoms with Gasteiger partial charge < -0.3 is 23.9 Å². The maximum absolute atomic E-state index is 13.0. The van der Waals surface area contributed by atoms with Gasteiger partial charge in [0.05, 0.1) is 26.9 Å². The average molecular weight is 521 g/mol. The van der Waals surface area contributed by atoms with Gasteiger partial charge in [-0.25, -0.2) is 4.98 Å². The minimum atomic E-state index is -0.318. The highest BCUT2D eigenvalue weighted by molar-refractivity contribution is 6.05. The number of nitrogens with one attached hydrogen (secondary N) is 2. The summed E-state index contributed by atoms with van der Waals surface area (Å²) in [6, 6.07) is 22.7. The molecule has 194 valence electrons. The molecule has 9 nitrogen and oxygen atoms in total. The van der Waals surface area contributed by atoms with Crippen LogP contribution in [0.2, 0.25) is 0 Å². The van der Waals surface area contributed by atoms with Gasteiger partial charge in [-0.1, -0.05) is 36.4 Å². The summed E-state index contributed by atoms with van der Waals surface area (Å²) in [5.74, 6) is 1.37. The van der Waals surface area contributed by atoms with Gasteiger partial charge in [0.25, 0.3) is 5.91 Å². The zero-order valence-corrected chi connectivity index (χ0v) is 21.4. The van der Waals surface area contributed by atoms with Gasteiger partial charge >= 0.3 is 0 Å². The van der Waals surface area contributed by atoms with Crippen molar-refractivity contribution in [2.45, 2.75) is 0 Å². The SMILES string of the molecule is COc1cc(C(=O)Nc2ccc(-c3n[nH]cc3-c3nc4cc5ccccc5cc4o3)cc2)cc(OC)c1OC. The molecule has 0 saturated carbocycles. The molecule has 0 radical (unpaired) electrons. The van der Waals surface area contributed by atoms with Gasteiger partial charge in [-0.05, 0) is 47.2 Å². The van der Waals surface area contributed by atoms with Crippen molar-refractivity contribution in [2.75, 3.05) is 26.6 Å². The van der Waals surface area contributed by atoms with Crippen molar-refractivity contribution in [3.05, 3.63) is 84.6 Å². The number of H-pyrrole nitrogens is 1. The first kappa shape index (κ1) is 24.1. The third-order valence-electron chi connectivity index (χ3n) is 6.47. The van der Waals surface area contributed by atoms with Crippen LogP contribution < -0.4 is 19.5 Å². The van der Waals surface area contributed by atoms with Crippen LogP contribution in [0.25, 0.3) is 44.6 Å². The molecule has 1 amide bonds. The second-order valence-electron chi connectivity index (χ2n) is 8.78. The highest BCUT2D eigenvalue weighted by atomic mass is 16.5. The number of carbonyl (C=O) groups excluding carboxylic acids is 1. The number of methoxy groups -OCH3 is 3. The summed E-state index contributed by atoms with van der Waals surface area (Å²) in [6.07, 6.45) is 1.76. The quantitative estimate of drug-likeness (QED) is 0.253. The number of amides is 1. The third kappa shape index (κ3) is 4.40. The van der Waals surface area contributed by atoms with E-state index in [0.29, 0.717) is 45.7 Å². The Kier molecular flexibility index (Phi) is 6.08. The average Bonchev–Trinajstić information content (AvgIpc) is 3.62. The standard InChI is InChI=1S/C30H24N4O5/c1-36-25-14-20(15-26(37-2)28(25)38-3)29(35)32-21-10-8-17(9-11-21)27-22(16-31-34-27)30-33-23-12-18-6-4-5-7-19(18)13-24(23)39-30/h4-16H,1-3H3,(H,31,34)(H,32,35). The molecule has 0 atom stereocenters. The van der Waals surface area contributed by atoms with Crippen LogP contribution in [0.1, 0.15) is 10.4 Å². The summed E-state index contributed by atoms with van der Waals surface area (Å²) >= 11 is 0. The van der Waals surface area contributed by atoms with E-state index in [-0.39, 0.29) is 5.91 Å². The minimum Gasteiger partial charge on any atom is -0.493 e. The number of benzene rings is 4. The summed E-state index contributed by atoms with van der Waals surface area (Å²) < 4.78 is 22.2. The van der Waals surface area contributed by atoms with Gasteiger partial charge in [0, 0.05) is 23.0 Å². The van der Waals surface area contributed by atoms with Gasteiger partial charge in [0.2, 0.25) is 11.6 Å². The predicted octanol–water partition coefficient (Wildman–Crippen LogP) is 6.32. The van der Waals surface area contributed by atoms with Crippen molar-refractivity contribution in [2.24, 2.45) is 0 Å². The van der Waals surface area contributed by atoms with Crippen molar-refractivity contribution in [3.63, 3.8) is 0 Å². The molecule has 0 spiro atoms. The molecular weight excluding hydrogens is 496 g/mol. The number of nitrogens with zero attached hydrogens (tertiary/aromatic N) is 2. The van der Waals surface area contributed by atoms with E-state index in [1.165, 1.54) is 21.3 Å². The van der Waals surface area contributed by atoms with Crippen LogP contribution in [0, 0.1) is 0 Å². The lowest BCUT2D eigenvalue weighted by atomic mass is 10.1. The van der Waals surface area contributed by atoms with Crippen LogP contribution in [-0.2, 0) is 0 Å². The maximum Gasteiger partial charge on any atom is 0.255 e. The molecule has 0 saturated heterocycles. The van der Waals surface area contributed by atoms with Crippen LogP contribution in [0.5, 0.6) is 17.2 Å². The van der Waals surface area contributed by atoms with Gasteiger partial charge in [-0.3, -0.25) is 9.89 Å². The van der Waals surface area contributed by atoms with Crippen molar-refractivity contribution in [3.8, 4) is 40.0 Å². The number of ether oxygens (including phenoxy) is 3. The molecule has 0 aliphatic carbocycles. The number of rotatable bonds is 7. The molecule has 2 aromatic heterocycles. The lowest BCUT2D eigenvalue weighted by Gasteiger charge is -2.14. The summed E-state index contributed by atoms with van der Waals surface area (Å²) in [5.41, 5.74) is 4.74. The smallest absolute Gasteiger partial charge is 0.255 e. The molecule has 0 bridgehead atoms. The molecular formula is C30H24N4O5. The molecule has 0 unspecified atom stereocenters. The van der Waals surface area contributed by atoms with E-state index < -0.39 is 0 Å². The molecule has 0 aliphatic rings. The molecule has 9 heteroatoms. The van der Waals surface area contributed by atoms with Crippen molar-refractivity contribution >= 4 is 33.5 Å². The Labute approximate surface area is 223 Å². The van der Waals surface area contributed by atoms with Crippen LogP contribution in [0.3, 0.4) is 0 Å². The lowest BCUT2D eigenvalue weighted by Crippen LogP contribution is -2.12. The first-order chi connectivity index (χ1) is 19.1. The zero-order chi connectivity index (χ0) is 26.9. The highest BCUT2D eigenvalue weighted by Crippen LogP contribution is 2.38. The normalized spacial score (nSPS) is 11.1. The molecule has 39 heavy (non-hydrogen) atoms. The number of aromatic amines is 1. The summed E-state index contributed by atoms with van der Waals surface area (Å²) in [7, 11) is 4.52. The lowest BCUT2D eigenvalue weighted by molar-refractivity contribution is 0.102. The zero-order valence-electron chi connectivity index (χ0n) is 21.4. The largest absolute Gasteiger partial charge is 0.493 e. The van der Waals surface area contributed by atoms with Crippen LogP contribution in [-0.4, -0.2) is 42.4 Å². The second kappa shape index (κ2) is 9.86. The van der Waals surface area contributed by atoms with Crippen LogP contribution in [0.4, 0.5) is 5.69 Å². The van der Waals surface area contributed by atoms with E-state index in [0.717, 1.165) is 27.4 Å². The third-order valence-corrected chi connectivity index (χ3v) is 6.47. The summed E-state index contributed by atoms with van der Waals surface area (Å²) in [5, 5.41) is 12.4. The Morgan fingerprint density at radius 3 is 2.23 bits per heavy atom. The van der Waals surface area contributed by atoms with Gasteiger partial charge in [-0.2, -0.15) is 5.10 Å². The molecule has 6 aromatic rings. The van der Waals surface area contributed by atoms with Gasteiger partial charge in [0.1, 0.15) is 11.2 Å². The molecule has 0 aliphatic heterocycles. The monoisotopic (exact) mass is 520 g/mol. The molecule has 2 N–H and O–H groups in total. The fourth-order valence-electron chi connectivity index (χ4n) is 4.53. The fraction of sp³-hybridized carbons (Fsp3) is 0.100. The molecule has 4 aromatic carbocycles. The van der Waals surface area contributed by atoms with E-state index in [9.17, 15) is 4.79 Å². The summed E-state index contributed by atoms with van der Waals surface area (Å²) in [4.78, 5) is 17.7. The number of carbonyl (C=O) groups is 1. The van der Waals surface area contributed by atoms with Gasteiger partial charge in [0.15, 0.2) is 17.1 Å². The Hall–Kier alpha value is -5.31. The summed E-state index contributed by atoms with van der Waals surface area (Å²) in [6.45, 7) is 0. The second-order valence-corrected chi connectivity index (χ2v) is 8.78. The van der Waals surface area contributed by atoms with Gasteiger partial charge in [-0.15, -0.1) is 0 Å². The first-order valence-electron chi connectivity index (χ1n) is 12.1. The van der Waals surface area contributed by atoms with Crippen molar-refractivity contribution in [1.82, 2.24) is 15.2 Å². The minimum absolute atomic E-state index is 0.318. The Bertz CT molecular complexity index is 1740. The number of oxazole rings is 1.